The molecule has 2 nitrogen and oxygen atoms in total. The maximum Gasteiger partial charge on any atom is 0.251 e. The summed E-state index contributed by atoms with van der Waals surface area (Å²) in [5, 5.41) is 4.11. The number of rotatable bonds is 4. The summed E-state index contributed by atoms with van der Waals surface area (Å²) in [4.78, 5) is 12.4. The zero-order valence-corrected chi connectivity index (χ0v) is 15.0. The molecule has 0 aliphatic heterocycles. The smallest absolute Gasteiger partial charge is 0.251 e. The quantitative estimate of drug-likeness (QED) is 0.717. The Balaban J connectivity index is 2.02. The Morgan fingerprint density at radius 2 is 2.00 bits per heavy atom. The van der Waals surface area contributed by atoms with Gasteiger partial charge in [-0.2, -0.15) is 0 Å². The van der Waals surface area contributed by atoms with E-state index in [4.69, 9.17) is 0 Å². The summed E-state index contributed by atoms with van der Waals surface area (Å²) in [6, 6.07) is 5.76. The average Bonchev–Trinajstić information content (AvgIpc) is 2.48. The van der Waals surface area contributed by atoms with E-state index in [1.54, 1.807) is 0 Å². The fourth-order valence-corrected chi connectivity index (χ4v) is 4.00. The molecular weight excluding hydrogens is 382 g/mol. The SMILES string of the molecule is Cc1c(Br)cccc1C(=O)NCC1(CBr)CCCCC1. The van der Waals surface area contributed by atoms with Crippen molar-refractivity contribution < 1.29 is 4.79 Å². The Kier molecular flexibility index (Phi) is 5.67. The van der Waals surface area contributed by atoms with Crippen LogP contribution in [0.1, 0.15) is 48.0 Å². The van der Waals surface area contributed by atoms with Gasteiger partial charge in [-0.05, 0) is 42.9 Å². The van der Waals surface area contributed by atoms with Gasteiger partial charge in [0.05, 0.1) is 0 Å². The highest BCUT2D eigenvalue weighted by molar-refractivity contribution is 9.10. The molecule has 20 heavy (non-hydrogen) atoms. The minimum absolute atomic E-state index is 0.0368. The van der Waals surface area contributed by atoms with Gasteiger partial charge in [0.2, 0.25) is 0 Å². The predicted molar refractivity (Wildman–Crippen MR) is 90.5 cm³/mol. The highest BCUT2D eigenvalue weighted by atomic mass is 79.9. The Morgan fingerprint density at radius 3 is 2.65 bits per heavy atom. The van der Waals surface area contributed by atoms with Crippen molar-refractivity contribution in [2.75, 3.05) is 11.9 Å². The van der Waals surface area contributed by atoms with E-state index < -0.39 is 0 Å². The molecule has 1 fully saturated rings. The number of nitrogens with one attached hydrogen (secondary N) is 1. The molecule has 0 heterocycles. The van der Waals surface area contributed by atoms with Gasteiger partial charge in [0.1, 0.15) is 0 Å². The average molecular weight is 403 g/mol. The second-order valence-corrected chi connectivity index (χ2v) is 7.20. The first-order chi connectivity index (χ1) is 9.58. The Morgan fingerprint density at radius 1 is 1.30 bits per heavy atom. The molecule has 1 aliphatic carbocycles. The topological polar surface area (TPSA) is 29.1 Å². The molecule has 1 aromatic rings. The van der Waals surface area contributed by atoms with Crippen LogP contribution in [-0.2, 0) is 0 Å². The van der Waals surface area contributed by atoms with Crippen molar-refractivity contribution in [3.63, 3.8) is 0 Å². The minimum atomic E-state index is 0.0368. The largest absolute Gasteiger partial charge is 0.351 e. The van der Waals surface area contributed by atoms with E-state index in [9.17, 15) is 4.79 Å². The Bertz CT molecular complexity index is 481. The van der Waals surface area contributed by atoms with Crippen LogP contribution >= 0.6 is 31.9 Å². The lowest BCUT2D eigenvalue weighted by atomic mass is 9.75. The molecule has 1 amide bonds. The zero-order chi connectivity index (χ0) is 14.6. The molecular formula is C16H21Br2NO. The van der Waals surface area contributed by atoms with Crippen molar-refractivity contribution in [2.45, 2.75) is 39.0 Å². The van der Waals surface area contributed by atoms with Gasteiger partial charge in [-0.3, -0.25) is 4.79 Å². The summed E-state index contributed by atoms with van der Waals surface area (Å²) < 4.78 is 0.984. The summed E-state index contributed by atoms with van der Waals surface area (Å²) >= 11 is 7.12. The van der Waals surface area contributed by atoms with Gasteiger partial charge >= 0.3 is 0 Å². The van der Waals surface area contributed by atoms with Crippen LogP contribution in [-0.4, -0.2) is 17.8 Å². The number of alkyl halides is 1. The van der Waals surface area contributed by atoms with Gasteiger partial charge < -0.3 is 5.32 Å². The molecule has 0 unspecified atom stereocenters. The van der Waals surface area contributed by atoms with Crippen molar-refractivity contribution >= 4 is 37.8 Å². The first kappa shape index (κ1) is 16.0. The summed E-state index contributed by atoms with van der Waals surface area (Å²) in [6.07, 6.45) is 6.29. The van der Waals surface area contributed by atoms with Crippen LogP contribution in [0.4, 0.5) is 0 Å². The van der Waals surface area contributed by atoms with Gasteiger partial charge in [-0.15, -0.1) is 0 Å². The first-order valence-electron chi connectivity index (χ1n) is 7.17. The standard InChI is InChI=1S/C16H21Br2NO/c1-12-13(6-5-7-14(12)18)15(20)19-11-16(10-17)8-3-2-4-9-16/h5-7H,2-4,8-11H2,1H3,(H,19,20). The van der Waals surface area contributed by atoms with Crippen LogP contribution in [0.2, 0.25) is 0 Å². The third kappa shape index (κ3) is 3.64. The molecule has 0 aromatic heterocycles. The van der Waals surface area contributed by atoms with Crippen molar-refractivity contribution in [1.29, 1.82) is 0 Å². The monoisotopic (exact) mass is 401 g/mol. The number of hydrogen-bond donors (Lipinski definition) is 1. The van der Waals surface area contributed by atoms with Crippen LogP contribution < -0.4 is 5.32 Å². The van der Waals surface area contributed by atoms with E-state index in [2.05, 4.69) is 37.2 Å². The fourth-order valence-electron chi connectivity index (χ4n) is 2.88. The van der Waals surface area contributed by atoms with Crippen molar-refractivity contribution in [2.24, 2.45) is 5.41 Å². The lowest BCUT2D eigenvalue weighted by Crippen LogP contribution is -2.40. The molecule has 0 radical (unpaired) electrons. The normalized spacial score (nSPS) is 17.8. The molecule has 2 rings (SSSR count). The predicted octanol–water partition coefficient (Wildman–Crippen LogP) is 4.83. The second-order valence-electron chi connectivity index (χ2n) is 5.79. The van der Waals surface area contributed by atoms with Crippen LogP contribution in [0.15, 0.2) is 22.7 Å². The Hall–Kier alpha value is -0.350. The number of halogens is 2. The van der Waals surface area contributed by atoms with Crippen molar-refractivity contribution in [3.8, 4) is 0 Å². The van der Waals surface area contributed by atoms with Crippen molar-refractivity contribution in [1.82, 2.24) is 5.32 Å². The van der Waals surface area contributed by atoms with Crippen LogP contribution in [0, 0.1) is 12.3 Å². The van der Waals surface area contributed by atoms with Crippen LogP contribution in [0.3, 0.4) is 0 Å². The molecule has 4 heteroatoms. The lowest BCUT2D eigenvalue weighted by Gasteiger charge is -2.35. The molecule has 1 saturated carbocycles. The second kappa shape index (κ2) is 7.08. The number of hydrogen-bond acceptors (Lipinski definition) is 1. The lowest BCUT2D eigenvalue weighted by molar-refractivity contribution is 0.0921. The molecule has 0 saturated heterocycles. The molecule has 0 bridgehead atoms. The Labute approximate surface area is 138 Å². The van der Waals surface area contributed by atoms with Gasteiger partial charge in [-0.25, -0.2) is 0 Å². The maximum absolute atomic E-state index is 12.4. The number of carbonyl (C=O) groups is 1. The third-order valence-corrected chi connectivity index (χ3v) is 6.38. The summed E-state index contributed by atoms with van der Waals surface area (Å²) in [5.41, 5.74) is 2.01. The number of carbonyl (C=O) groups excluding carboxylic acids is 1. The van der Waals surface area contributed by atoms with E-state index in [0.717, 1.165) is 27.5 Å². The maximum atomic E-state index is 12.4. The third-order valence-electron chi connectivity index (χ3n) is 4.33. The fraction of sp³-hybridized carbons (Fsp3) is 0.562. The molecule has 1 aromatic carbocycles. The minimum Gasteiger partial charge on any atom is -0.351 e. The molecule has 0 spiro atoms. The van der Waals surface area contributed by atoms with Crippen molar-refractivity contribution in [3.05, 3.63) is 33.8 Å². The van der Waals surface area contributed by atoms with Gasteiger partial charge in [0.15, 0.2) is 0 Å². The van der Waals surface area contributed by atoms with Gasteiger partial charge in [0, 0.05) is 21.9 Å². The van der Waals surface area contributed by atoms with E-state index in [-0.39, 0.29) is 11.3 Å². The zero-order valence-electron chi connectivity index (χ0n) is 11.8. The van der Waals surface area contributed by atoms with Gasteiger partial charge in [-0.1, -0.05) is 57.2 Å². The first-order valence-corrected chi connectivity index (χ1v) is 9.09. The number of benzene rings is 1. The van der Waals surface area contributed by atoms with E-state index in [1.807, 2.05) is 25.1 Å². The molecule has 1 aliphatic rings. The van der Waals surface area contributed by atoms with Crippen LogP contribution in [0.25, 0.3) is 0 Å². The summed E-state index contributed by atoms with van der Waals surface area (Å²) in [7, 11) is 0. The highest BCUT2D eigenvalue weighted by Gasteiger charge is 2.31. The van der Waals surface area contributed by atoms with E-state index in [1.165, 1.54) is 32.1 Å². The summed E-state index contributed by atoms with van der Waals surface area (Å²) in [5.74, 6) is 0.0368. The van der Waals surface area contributed by atoms with E-state index in [0.29, 0.717) is 0 Å². The molecule has 110 valence electrons. The highest BCUT2D eigenvalue weighted by Crippen LogP contribution is 2.37. The van der Waals surface area contributed by atoms with Gasteiger partial charge in [0.25, 0.3) is 5.91 Å². The number of amides is 1. The van der Waals surface area contributed by atoms with E-state index >= 15 is 0 Å². The summed E-state index contributed by atoms with van der Waals surface area (Å²) in [6.45, 7) is 2.74. The van der Waals surface area contributed by atoms with Crippen LogP contribution in [0.5, 0.6) is 0 Å². The molecule has 0 atom stereocenters. The molecule has 1 N–H and O–H groups in total.